The van der Waals surface area contributed by atoms with Gasteiger partial charge in [0, 0.05) is 6.54 Å². The number of ether oxygens (including phenoxy) is 1. The molecule has 3 aromatic rings. The number of nitrogens with zero attached hydrogens (tertiary/aromatic N) is 2. The predicted octanol–water partition coefficient (Wildman–Crippen LogP) is 6.06. The predicted molar refractivity (Wildman–Crippen MR) is 133 cm³/mol. The fraction of sp³-hybridized carbons (Fsp3) is 0.462. The van der Waals surface area contributed by atoms with Crippen LogP contribution in [0.4, 0.5) is 5.13 Å². The van der Waals surface area contributed by atoms with Crippen molar-refractivity contribution >= 4 is 32.6 Å². The van der Waals surface area contributed by atoms with E-state index in [0.29, 0.717) is 16.8 Å². The van der Waals surface area contributed by atoms with E-state index < -0.39 is 6.10 Å². The van der Waals surface area contributed by atoms with Crippen LogP contribution in [-0.2, 0) is 11.3 Å². The number of benzene rings is 2. The second-order valence-electron chi connectivity index (χ2n) is 9.25. The number of hydrogen-bond donors (Lipinski definition) is 1. The third kappa shape index (κ3) is 5.67. The lowest BCUT2D eigenvalue weighted by molar-refractivity contribution is -0.122. The number of carbonyl (C=O) groups excluding carboxylic acids is 1. The third-order valence-electron chi connectivity index (χ3n) is 6.19. The van der Waals surface area contributed by atoms with Gasteiger partial charge in [-0.1, -0.05) is 50.3 Å². The number of rotatable bonds is 7. The Bertz CT molecular complexity index is 1050. The van der Waals surface area contributed by atoms with Gasteiger partial charge >= 0.3 is 0 Å². The number of piperidine rings is 1. The quantitative estimate of drug-likeness (QED) is 0.474. The molecule has 0 saturated carbocycles. The van der Waals surface area contributed by atoms with Gasteiger partial charge in [0.2, 0.25) is 0 Å². The molecule has 1 amide bonds. The van der Waals surface area contributed by atoms with E-state index in [-0.39, 0.29) is 5.91 Å². The minimum Gasteiger partial charge on any atom is -0.481 e. The van der Waals surface area contributed by atoms with Gasteiger partial charge in [0.05, 0.1) is 10.2 Å². The van der Waals surface area contributed by atoms with E-state index in [9.17, 15) is 4.79 Å². The fourth-order valence-electron chi connectivity index (χ4n) is 4.00. The van der Waals surface area contributed by atoms with Crippen LogP contribution in [0.3, 0.4) is 0 Å². The Labute approximate surface area is 194 Å². The maximum atomic E-state index is 12.6. The molecule has 0 bridgehead atoms. The van der Waals surface area contributed by atoms with Gasteiger partial charge in [-0.2, -0.15) is 0 Å². The highest BCUT2D eigenvalue weighted by atomic mass is 32.1. The summed E-state index contributed by atoms with van der Waals surface area (Å²) in [5.41, 5.74) is 3.47. The van der Waals surface area contributed by atoms with Crippen molar-refractivity contribution < 1.29 is 9.53 Å². The first-order valence-corrected chi connectivity index (χ1v) is 12.4. The van der Waals surface area contributed by atoms with Crippen LogP contribution in [0, 0.1) is 5.92 Å². The highest BCUT2D eigenvalue weighted by molar-refractivity contribution is 7.22. The molecule has 1 aromatic heterocycles. The summed E-state index contributed by atoms with van der Waals surface area (Å²) in [6.07, 6.45) is 1.95. The molecule has 1 N–H and O–H groups in total. The number of likely N-dealkylation sites (tertiary alicyclic amines) is 1. The lowest BCUT2D eigenvalue weighted by Gasteiger charge is -2.30. The average Bonchev–Trinajstić information content (AvgIpc) is 3.17. The standard InChI is InChI=1S/C26H33N3O2S/c1-17(2)21-6-8-22(9-7-21)31-19(4)25(30)28-26-27-23-10-5-20(15-24(23)32-26)16-29-13-11-18(3)12-14-29/h5-10,15,17-19H,11-14,16H2,1-4H3,(H,27,28,30). The molecule has 5 nitrogen and oxygen atoms in total. The monoisotopic (exact) mass is 451 g/mol. The molecular formula is C26H33N3O2S. The zero-order valence-electron chi connectivity index (χ0n) is 19.4. The van der Waals surface area contributed by atoms with Crippen molar-refractivity contribution in [1.29, 1.82) is 0 Å². The third-order valence-corrected chi connectivity index (χ3v) is 7.13. The minimum atomic E-state index is -0.607. The van der Waals surface area contributed by atoms with Crippen molar-refractivity contribution in [3.8, 4) is 5.75 Å². The second kappa shape index (κ2) is 10.0. The number of fused-ring (bicyclic) bond motifs is 1. The molecule has 0 spiro atoms. The first-order valence-electron chi connectivity index (χ1n) is 11.6. The van der Waals surface area contributed by atoms with Crippen LogP contribution in [0.15, 0.2) is 42.5 Å². The molecule has 1 atom stereocenters. The molecule has 1 aliphatic rings. The van der Waals surface area contributed by atoms with Crippen molar-refractivity contribution in [1.82, 2.24) is 9.88 Å². The summed E-state index contributed by atoms with van der Waals surface area (Å²) in [6, 6.07) is 14.3. The van der Waals surface area contributed by atoms with Crippen molar-refractivity contribution in [2.75, 3.05) is 18.4 Å². The summed E-state index contributed by atoms with van der Waals surface area (Å²) in [7, 11) is 0. The highest BCUT2D eigenvalue weighted by Gasteiger charge is 2.18. The Balaban J connectivity index is 1.36. The van der Waals surface area contributed by atoms with Crippen LogP contribution in [0.1, 0.15) is 57.6 Å². The van der Waals surface area contributed by atoms with E-state index in [1.54, 1.807) is 6.92 Å². The molecule has 1 saturated heterocycles. The van der Waals surface area contributed by atoms with Gasteiger partial charge in [-0.05, 0) is 80.1 Å². The molecule has 1 fully saturated rings. The molecule has 4 rings (SSSR count). The topological polar surface area (TPSA) is 54.5 Å². The van der Waals surface area contributed by atoms with Gasteiger partial charge in [0.25, 0.3) is 5.91 Å². The molecular weight excluding hydrogens is 418 g/mol. The van der Waals surface area contributed by atoms with Crippen LogP contribution >= 0.6 is 11.3 Å². The van der Waals surface area contributed by atoms with Crippen LogP contribution in [0.2, 0.25) is 0 Å². The molecule has 2 heterocycles. The van der Waals surface area contributed by atoms with Crippen LogP contribution < -0.4 is 10.1 Å². The van der Waals surface area contributed by atoms with Gasteiger partial charge < -0.3 is 4.74 Å². The van der Waals surface area contributed by atoms with Crippen molar-refractivity contribution in [2.45, 2.75) is 59.1 Å². The molecule has 1 unspecified atom stereocenters. The maximum Gasteiger partial charge on any atom is 0.266 e. The number of hydrogen-bond acceptors (Lipinski definition) is 5. The summed E-state index contributed by atoms with van der Waals surface area (Å²) in [6.45, 7) is 11.7. The number of aromatic nitrogens is 1. The number of amides is 1. The average molecular weight is 452 g/mol. The van der Waals surface area contributed by atoms with Crippen molar-refractivity contribution in [2.24, 2.45) is 5.92 Å². The Morgan fingerprint density at radius 1 is 1.16 bits per heavy atom. The molecule has 2 aromatic carbocycles. The smallest absolute Gasteiger partial charge is 0.266 e. The summed E-state index contributed by atoms with van der Waals surface area (Å²) < 4.78 is 6.93. The highest BCUT2D eigenvalue weighted by Crippen LogP contribution is 2.28. The summed E-state index contributed by atoms with van der Waals surface area (Å²) in [5, 5.41) is 3.53. The van der Waals surface area contributed by atoms with E-state index in [4.69, 9.17) is 4.74 Å². The van der Waals surface area contributed by atoms with E-state index in [0.717, 1.165) is 22.7 Å². The van der Waals surface area contributed by atoms with Gasteiger partial charge in [-0.25, -0.2) is 4.98 Å². The van der Waals surface area contributed by atoms with Gasteiger partial charge in [0.15, 0.2) is 11.2 Å². The summed E-state index contributed by atoms with van der Waals surface area (Å²) >= 11 is 1.51. The Hall–Kier alpha value is -2.44. The van der Waals surface area contributed by atoms with E-state index in [1.165, 1.54) is 48.4 Å². The zero-order valence-corrected chi connectivity index (χ0v) is 20.2. The fourth-order valence-corrected chi connectivity index (χ4v) is 4.93. The SMILES string of the molecule is CC1CCN(Cc2ccc3nc(NC(=O)C(C)Oc4ccc(C(C)C)cc4)sc3c2)CC1. The molecule has 32 heavy (non-hydrogen) atoms. The minimum absolute atomic E-state index is 0.195. The molecule has 0 aliphatic carbocycles. The lowest BCUT2D eigenvalue weighted by Crippen LogP contribution is -2.32. The zero-order chi connectivity index (χ0) is 22.7. The lowest BCUT2D eigenvalue weighted by atomic mass is 9.99. The Kier molecular flexibility index (Phi) is 7.11. The molecule has 0 radical (unpaired) electrons. The van der Waals surface area contributed by atoms with E-state index >= 15 is 0 Å². The molecule has 170 valence electrons. The Morgan fingerprint density at radius 3 is 2.56 bits per heavy atom. The first kappa shape index (κ1) is 22.7. The number of carbonyl (C=O) groups is 1. The van der Waals surface area contributed by atoms with Crippen molar-refractivity contribution in [3.05, 3.63) is 53.6 Å². The number of anilines is 1. The van der Waals surface area contributed by atoms with E-state index in [2.05, 4.69) is 54.2 Å². The van der Waals surface area contributed by atoms with Crippen molar-refractivity contribution in [3.63, 3.8) is 0 Å². The van der Waals surface area contributed by atoms with Crippen LogP contribution in [0.25, 0.3) is 10.2 Å². The first-order chi connectivity index (χ1) is 15.4. The van der Waals surface area contributed by atoms with Crippen LogP contribution in [-0.4, -0.2) is 35.0 Å². The molecule has 1 aliphatic heterocycles. The Morgan fingerprint density at radius 2 is 1.88 bits per heavy atom. The van der Waals surface area contributed by atoms with E-state index in [1.807, 2.05) is 24.3 Å². The van der Waals surface area contributed by atoms with Gasteiger partial charge in [0.1, 0.15) is 5.75 Å². The van der Waals surface area contributed by atoms with Gasteiger partial charge in [-0.3, -0.25) is 15.0 Å². The largest absolute Gasteiger partial charge is 0.481 e. The van der Waals surface area contributed by atoms with Crippen LogP contribution in [0.5, 0.6) is 5.75 Å². The summed E-state index contributed by atoms with van der Waals surface area (Å²) in [5.74, 6) is 1.80. The maximum absolute atomic E-state index is 12.6. The summed E-state index contributed by atoms with van der Waals surface area (Å²) in [4.78, 5) is 19.8. The number of nitrogens with one attached hydrogen (secondary N) is 1. The molecule has 6 heteroatoms. The second-order valence-corrected chi connectivity index (χ2v) is 10.3. The normalized spacial score (nSPS) is 16.4. The number of thiazole rings is 1. The van der Waals surface area contributed by atoms with Gasteiger partial charge in [-0.15, -0.1) is 0 Å².